The van der Waals surface area contributed by atoms with Crippen LogP contribution in [0.15, 0.2) is 0 Å². The largest absolute Gasteiger partial charge is 0.312 e. The predicted octanol–water partition coefficient (Wildman–Crippen LogP) is 4.62. The summed E-state index contributed by atoms with van der Waals surface area (Å²) in [5, 5.41) is 3.78. The van der Waals surface area contributed by atoms with Crippen molar-refractivity contribution in [2.45, 2.75) is 78.7 Å². The highest BCUT2D eigenvalue weighted by Crippen LogP contribution is 2.61. The van der Waals surface area contributed by atoms with Crippen LogP contribution in [-0.2, 0) is 0 Å². The van der Waals surface area contributed by atoms with Gasteiger partial charge in [-0.2, -0.15) is 0 Å². The van der Waals surface area contributed by atoms with Crippen LogP contribution in [-0.4, -0.2) is 12.1 Å². The normalized spacial score (nSPS) is 35.0. The van der Waals surface area contributed by atoms with Crippen LogP contribution >= 0.6 is 0 Å². The van der Waals surface area contributed by atoms with Crippen molar-refractivity contribution in [3.63, 3.8) is 0 Å². The maximum absolute atomic E-state index is 3.78. The van der Waals surface area contributed by atoms with Gasteiger partial charge in [0.25, 0.3) is 0 Å². The van der Waals surface area contributed by atoms with Crippen molar-refractivity contribution in [2.24, 2.45) is 23.2 Å². The van der Waals surface area contributed by atoms with Crippen molar-refractivity contribution in [3.05, 3.63) is 0 Å². The fourth-order valence-electron chi connectivity index (χ4n) is 3.78. The second-order valence-corrected chi connectivity index (χ2v) is 8.55. The van der Waals surface area contributed by atoms with Crippen LogP contribution in [0.4, 0.5) is 0 Å². The Balaban J connectivity index is 1.84. The zero-order chi connectivity index (χ0) is 13.4. The van der Waals surface area contributed by atoms with E-state index in [2.05, 4.69) is 39.9 Å². The average Bonchev–Trinajstić information content (AvgIpc) is 2.83. The van der Waals surface area contributed by atoms with Gasteiger partial charge in [0.05, 0.1) is 0 Å². The fourth-order valence-corrected chi connectivity index (χ4v) is 3.78. The molecule has 0 radical (unpaired) electrons. The van der Waals surface area contributed by atoms with Gasteiger partial charge in [0, 0.05) is 12.1 Å². The van der Waals surface area contributed by atoms with E-state index in [1.807, 2.05) is 0 Å². The van der Waals surface area contributed by atoms with Gasteiger partial charge in [0.1, 0.15) is 0 Å². The molecule has 0 bridgehead atoms. The molecular weight excluding hydrogens is 218 g/mol. The summed E-state index contributed by atoms with van der Waals surface area (Å²) < 4.78 is 0. The molecule has 0 aromatic heterocycles. The minimum Gasteiger partial charge on any atom is -0.312 e. The van der Waals surface area contributed by atoms with Crippen molar-refractivity contribution in [3.8, 4) is 0 Å². The van der Waals surface area contributed by atoms with Gasteiger partial charge in [-0.15, -0.1) is 0 Å². The monoisotopic (exact) mass is 251 g/mol. The van der Waals surface area contributed by atoms with E-state index in [0.717, 1.165) is 17.8 Å². The Kier molecular flexibility index (Phi) is 4.11. The van der Waals surface area contributed by atoms with Gasteiger partial charge in [-0.25, -0.2) is 0 Å². The molecule has 2 fully saturated rings. The van der Waals surface area contributed by atoms with Crippen molar-refractivity contribution < 1.29 is 0 Å². The molecule has 2 aliphatic rings. The van der Waals surface area contributed by atoms with Crippen LogP contribution in [0.3, 0.4) is 0 Å². The Labute approximate surface area is 114 Å². The Morgan fingerprint density at radius 3 is 2.28 bits per heavy atom. The van der Waals surface area contributed by atoms with Gasteiger partial charge in [0.15, 0.2) is 0 Å². The van der Waals surface area contributed by atoms with E-state index in [1.165, 1.54) is 38.6 Å². The van der Waals surface area contributed by atoms with Gasteiger partial charge < -0.3 is 5.32 Å². The third-order valence-electron chi connectivity index (χ3n) is 4.94. The molecule has 0 spiro atoms. The zero-order valence-corrected chi connectivity index (χ0v) is 13.2. The third-order valence-corrected chi connectivity index (χ3v) is 4.94. The smallest absolute Gasteiger partial charge is 0.00967 e. The van der Waals surface area contributed by atoms with Crippen molar-refractivity contribution in [2.75, 3.05) is 6.54 Å². The quantitative estimate of drug-likeness (QED) is 0.726. The van der Waals surface area contributed by atoms with Crippen LogP contribution in [0.5, 0.6) is 0 Å². The first-order chi connectivity index (χ1) is 8.30. The molecule has 0 heterocycles. The zero-order valence-electron chi connectivity index (χ0n) is 13.2. The second-order valence-electron chi connectivity index (χ2n) is 8.55. The van der Waals surface area contributed by atoms with Crippen molar-refractivity contribution in [1.29, 1.82) is 0 Å². The Morgan fingerprint density at radius 2 is 1.78 bits per heavy atom. The molecule has 18 heavy (non-hydrogen) atoms. The molecule has 2 unspecified atom stereocenters. The molecule has 2 atom stereocenters. The molecule has 0 amide bonds. The minimum absolute atomic E-state index is 0.276. The first kappa shape index (κ1) is 14.4. The predicted molar refractivity (Wildman–Crippen MR) is 79.7 cm³/mol. The number of hydrogen-bond donors (Lipinski definition) is 1. The Hall–Kier alpha value is -0.0400. The molecular formula is C17H33N. The van der Waals surface area contributed by atoms with Crippen molar-refractivity contribution in [1.82, 2.24) is 5.32 Å². The fraction of sp³-hybridized carbons (Fsp3) is 1.00. The minimum atomic E-state index is 0.276. The molecule has 0 aliphatic heterocycles. The molecule has 106 valence electrons. The topological polar surface area (TPSA) is 12.0 Å². The summed E-state index contributed by atoms with van der Waals surface area (Å²) in [5.74, 6) is 3.07. The highest BCUT2D eigenvalue weighted by atomic mass is 15.0. The van der Waals surface area contributed by atoms with E-state index in [0.29, 0.717) is 5.41 Å². The number of hydrogen-bond acceptors (Lipinski definition) is 1. The molecule has 0 saturated heterocycles. The molecule has 1 nitrogen and oxygen atoms in total. The lowest BCUT2D eigenvalue weighted by Gasteiger charge is -2.35. The molecule has 1 heteroatoms. The molecule has 0 aromatic rings. The van der Waals surface area contributed by atoms with E-state index >= 15 is 0 Å². The molecule has 2 aliphatic carbocycles. The maximum Gasteiger partial charge on any atom is 0.00967 e. The summed E-state index contributed by atoms with van der Waals surface area (Å²) in [6, 6.07) is 0. The summed E-state index contributed by atoms with van der Waals surface area (Å²) in [6.07, 6.45) is 8.87. The number of fused-ring (bicyclic) bond motifs is 1. The summed E-state index contributed by atoms with van der Waals surface area (Å²) in [7, 11) is 0. The maximum atomic E-state index is 3.78. The highest BCUT2D eigenvalue weighted by Gasteiger charge is 2.53. The lowest BCUT2D eigenvalue weighted by atomic mass is 9.77. The average molecular weight is 251 g/mol. The lowest BCUT2D eigenvalue weighted by molar-refractivity contribution is 0.198. The van der Waals surface area contributed by atoms with Crippen LogP contribution in [0.1, 0.15) is 73.1 Å². The third kappa shape index (κ3) is 3.98. The van der Waals surface area contributed by atoms with Gasteiger partial charge in [-0.3, -0.25) is 0 Å². The first-order valence-corrected chi connectivity index (χ1v) is 8.05. The lowest BCUT2D eigenvalue weighted by Crippen LogP contribution is -2.43. The number of rotatable bonds is 6. The standard InChI is InChI=1S/C17H33N/c1-13(2)7-6-8-17(12-18-16(3,4)5)10-14-9-15(14)11-17/h13-15,18H,6-12H2,1-5H3. The van der Waals surface area contributed by atoms with Crippen LogP contribution < -0.4 is 5.32 Å². The van der Waals surface area contributed by atoms with E-state index < -0.39 is 0 Å². The van der Waals surface area contributed by atoms with Gasteiger partial charge in [0.2, 0.25) is 0 Å². The summed E-state index contributed by atoms with van der Waals surface area (Å²) in [5.41, 5.74) is 0.924. The molecule has 1 N–H and O–H groups in total. The summed E-state index contributed by atoms with van der Waals surface area (Å²) >= 11 is 0. The summed E-state index contributed by atoms with van der Waals surface area (Å²) in [4.78, 5) is 0. The molecule has 2 saturated carbocycles. The van der Waals surface area contributed by atoms with Crippen LogP contribution in [0, 0.1) is 23.2 Å². The van der Waals surface area contributed by atoms with E-state index in [4.69, 9.17) is 0 Å². The number of nitrogens with one attached hydrogen (secondary N) is 1. The highest BCUT2D eigenvalue weighted by molar-refractivity contribution is 5.04. The second kappa shape index (κ2) is 5.15. The molecule has 0 aromatic carbocycles. The molecule has 2 rings (SSSR count). The van der Waals surface area contributed by atoms with Gasteiger partial charge in [-0.1, -0.05) is 26.7 Å². The first-order valence-electron chi connectivity index (χ1n) is 8.05. The van der Waals surface area contributed by atoms with Crippen molar-refractivity contribution >= 4 is 0 Å². The van der Waals surface area contributed by atoms with E-state index in [1.54, 1.807) is 6.42 Å². The van der Waals surface area contributed by atoms with Crippen LogP contribution in [0.25, 0.3) is 0 Å². The van der Waals surface area contributed by atoms with Gasteiger partial charge in [-0.05, 0) is 69.6 Å². The van der Waals surface area contributed by atoms with E-state index in [9.17, 15) is 0 Å². The SMILES string of the molecule is CC(C)CCCC1(CNC(C)(C)C)CC2CC2C1. The summed E-state index contributed by atoms with van der Waals surface area (Å²) in [6.45, 7) is 12.8. The van der Waals surface area contributed by atoms with Crippen LogP contribution in [0.2, 0.25) is 0 Å². The van der Waals surface area contributed by atoms with E-state index in [-0.39, 0.29) is 5.54 Å². The Bertz CT molecular complexity index is 264. The Morgan fingerprint density at radius 1 is 1.17 bits per heavy atom. The van der Waals surface area contributed by atoms with Gasteiger partial charge >= 0.3 is 0 Å².